The Bertz CT molecular complexity index is 710. The van der Waals surface area contributed by atoms with E-state index in [0.717, 1.165) is 19.8 Å². The lowest BCUT2D eigenvalue weighted by molar-refractivity contribution is -0.135. The minimum absolute atomic E-state index is 0.0938. The van der Waals surface area contributed by atoms with Gasteiger partial charge in [0, 0.05) is 17.2 Å². The molecule has 1 saturated heterocycles. The highest BCUT2D eigenvalue weighted by molar-refractivity contribution is 9.11. The molecule has 3 rings (SSSR count). The number of carbonyl (C=O) groups is 2. The molecule has 1 aromatic heterocycles. The van der Waals surface area contributed by atoms with E-state index in [2.05, 4.69) is 21.2 Å². The van der Waals surface area contributed by atoms with Crippen molar-refractivity contribution in [1.82, 2.24) is 5.32 Å². The van der Waals surface area contributed by atoms with Gasteiger partial charge < -0.3 is 0 Å². The Morgan fingerprint density at radius 2 is 1.95 bits per heavy atom. The Hall–Kier alpha value is -1.46. The van der Waals surface area contributed by atoms with Crippen LogP contribution in [0.25, 0.3) is 0 Å². The number of hydrogen-bond acceptors (Lipinski definition) is 3. The van der Waals surface area contributed by atoms with E-state index in [1.807, 2.05) is 43.3 Å². The second-order valence-corrected chi connectivity index (χ2v) is 7.69. The number of benzene rings is 1. The van der Waals surface area contributed by atoms with E-state index in [9.17, 15) is 9.59 Å². The summed E-state index contributed by atoms with van der Waals surface area (Å²) in [6.45, 7) is 2.00. The number of thiophene rings is 1. The molecule has 1 aliphatic rings. The largest absolute Gasteiger partial charge is 0.296 e. The number of aryl methyl sites for hydroxylation is 1. The number of piperidine rings is 1. The molecule has 1 aliphatic heterocycles. The van der Waals surface area contributed by atoms with Crippen molar-refractivity contribution in [3.05, 3.63) is 56.2 Å². The minimum Gasteiger partial charge on any atom is -0.296 e. The highest BCUT2D eigenvalue weighted by atomic mass is 79.9. The molecule has 3 nitrogen and oxygen atoms in total. The van der Waals surface area contributed by atoms with Gasteiger partial charge in [-0.3, -0.25) is 14.9 Å². The van der Waals surface area contributed by atoms with Crippen LogP contribution in [0.15, 0.2) is 40.2 Å². The number of carbonyl (C=O) groups excluding carboxylic acids is 2. The third kappa shape index (κ3) is 2.80. The molecule has 108 valence electrons. The van der Waals surface area contributed by atoms with Crippen molar-refractivity contribution in [1.29, 1.82) is 0 Å². The average molecular weight is 364 g/mol. The molecule has 1 N–H and O–H groups in total. The average Bonchev–Trinajstić information content (AvgIpc) is 2.86. The van der Waals surface area contributed by atoms with Gasteiger partial charge >= 0.3 is 0 Å². The van der Waals surface area contributed by atoms with Crippen LogP contribution < -0.4 is 5.32 Å². The third-order valence-electron chi connectivity index (χ3n) is 3.84. The second-order valence-electron chi connectivity index (χ2n) is 5.20. The van der Waals surface area contributed by atoms with Gasteiger partial charge in [0.15, 0.2) is 0 Å². The molecule has 0 spiro atoms. The van der Waals surface area contributed by atoms with E-state index >= 15 is 0 Å². The van der Waals surface area contributed by atoms with Gasteiger partial charge in [0.25, 0.3) is 0 Å². The van der Waals surface area contributed by atoms with Crippen LogP contribution >= 0.6 is 27.3 Å². The Kier molecular flexibility index (Phi) is 3.95. The molecule has 1 aromatic carbocycles. The Labute approximate surface area is 135 Å². The van der Waals surface area contributed by atoms with Gasteiger partial charge in [0.05, 0.1) is 9.70 Å². The maximum absolute atomic E-state index is 12.4. The zero-order valence-electron chi connectivity index (χ0n) is 11.4. The molecule has 21 heavy (non-hydrogen) atoms. The number of amides is 2. The highest BCUT2D eigenvalue weighted by Gasteiger charge is 2.39. The quantitative estimate of drug-likeness (QED) is 0.826. The molecule has 0 bridgehead atoms. The van der Waals surface area contributed by atoms with Crippen molar-refractivity contribution in [3.63, 3.8) is 0 Å². The van der Waals surface area contributed by atoms with Crippen molar-refractivity contribution < 1.29 is 9.59 Å². The molecule has 2 aromatic rings. The zero-order valence-corrected chi connectivity index (χ0v) is 13.8. The van der Waals surface area contributed by atoms with Crippen molar-refractivity contribution in [3.8, 4) is 0 Å². The molecule has 0 aliphatic carbocycles. The van der Waals surface area contributed by atoms with Gasteiger partial charge in [0.1, 0.15) is 0 Å². The van der Waals surface area contributed by atoms with Crippen LogP contribution in [0.4, 0.5) is 0 Å². The van der Waals surface area contributed by atoms with Gasteiger partial charge in [-0.05, 0) is 46.1 Å². The maximum Gasteiger partial charge on any atom is 0.234 e. The lowest BCUT2D eigenvalue weighted by Crippen LogP contribution is -2.43. The summed E-state index contributed by atoms with van der Waals surface area (Å²) in [5.41, 5.74) is 2.07. The fourth-order valence-corrected chi connectivity index (χ4v) is 4.41. The van der Waals surface area contributed by atoms with Gasteiger partial charge in [0.2, 0.25) is 11.8 Å². The van der Waals surface area contributed by atoms with Gasteiger partial charge in [-0.15, -0.1) is 11.3 Å². The first-order valence-corrected chi connectivity index (χ1v) is 8.31. The number of imide groups is 1. The van der Waals surface area contributed by atoms with Crippen LogP contribution in [0.1, 0.15) is 34.3 Å². The van der Waals surface area contributed by atoms with Crippen molar-refractivity contribution in [2.75, 3.05) is 0 Å². The lowest BCUT2D eigenvalue weighted by atomic mass is 9.78. The molecule has 0 radical (unpaired) electrons. The summed E-state index contributed by atoms with van der Waals surface area (Å²) in [5, 5.41) is 2.48. The Morgan fingerprint density at radius 1 is 1.19 bits per heavy atom. The summed E-state index contributed by atoms with van der Waals surface area (Å²) in [6.07, 6.45) is 0.345. The number of nitrogens with one attached hydrogen (secondary N) is 1. The monoisotopic (exact) mass is 363 g/mol. The van der Waals surface area contributed by atoms with E-state index in [1.165, 1.54) is 0 Å². The van der Waals surface area contributed by atoms with E-state index in [-0.39, 0.29) is 23.7 Å². The van der Waals surface area contributed by atoms with Gasteiger partial charge in [-0.25, -0.2) is 0 Å². The predicted molar refractivity (Wildman–Crippen MR) is 86.4 cm³/mol. The fraction of sp³-hybridized carbons (Fsp3) is 0.250. The van der Waals surface area contributed by atoms with Crippen LogP contribution in [0.2, 0.25) is 0 Å². The summed E-state index contributed by atoms with van der Waals surface area (Å²) in [6, 6.07) is 11.8. The molecular formula is C16H14BrNO2S. The minimum atomic E-state index is -0.311. The molecule has 2 amide bonds. The summed E-state index contributed by atoms with van der Waals surface area (Å²) in [4.78, 5) is 25.3. The topological polar surface area (TPSA) is 46.2 Å². The Morgan fingerprint density at radius 3 is 2.62 bits per heavy atom. The van der Waals surface area contributed by atoms with Crippen LogP contribution in [0.3, 0.4) is 0 Å². The normalized spacial score (nSPS) is 22.2. The summed E-state index contributed by atoms with van der Waals surface area (Å²) in [7, 11) is 0. The standard InChI is InChI=1S/C16H14BrNO2S/c1-9-4-2-3-5-10(9)15-11(8-14(19)18-16(15)20)12-6-7-13(17)21-12/h2-7,11,15H,8H2,1H3,(H,18,19,20). The summed E-state index contributed by atoms with van der Waals surface area (Å²) >= 11 is 5.04. The van der Waals surface area contributed by atoms with Crippen molar-refractivity contribution in [2.24, 2.45) is 0 Å². The van der Waals surface area contributed by atoms with Gasteiger partial charge in [-0.1, -0.05) is 24.3 Å². The third-order valence-corrected chi connectivity index (χ3v) is 5.59. The SMILES string of the molecule is Cc1ccccc1C1C(=O)NC(=O)CC1c1ccc(Br)s1. The maximum atomic E-state index is 12.4. The first kappa shape index (κ1) is 14.5. The van der Waals surface area contributed by atoms with E-state index in [1.54, 1.807) is 11.3 Å². The fourth-order valence-electron chi connectivity index (χ4n) is 2.85. The van der Waals surface area contributed by atoms with Gasteiger partial charge in [-0.2, -0.15) is 0 Å². The van der Waals surface area contributed by atoms with Crippen molar-refractivity contribution in [2.45, 2.75) is 25.2 Å². The number of halogens is 1. The smallest absolute Gasteiger partial charge is 0.234 e. The molecule has 5 heteroatoms. The summed E-state index contributed by atoms with van der Waals surface area (Å²) in [5.74, 6) is -0.799. The van der Waals surface area contributed by atoms with Crippen LogP contribution in [0.5, 0.6) is 0 Å². The van der Waals surface area contributed by atoms with E-state index in [0.29, 0.717) is 6.42 Å². The highest BCUT2D eigenvalue weighted by Crippen LogP contribution is 2.42. The zero-order chi connectivity index (χ0) is 15.0. The number of rotatable bonds is 2. The molecule has 2 unspecified atom stereocenters. The molecule has 0 saturated carbocycles. The van der Waals surface area contributed by atoms with E-state index < -0.39 is 0 Å². The summed E-state index contributed by atoms with van der Waals surface area (Å²) < 4.78 is 1.01. The second kappa shape index (κ2) is 5.73. The molecule has 2 heterocycles. The molecule has 1 fully saturated rings. The van der Waals surface area contributed by atoms with E-state index in [4.69, 9.17) is 0 Å². The first-order chi connectivity index (χ1) is 10.1. The van der Waals surface area contributed by atoms with Crippen molar-refractivity contribution >= 4 is 39.1 Å². The Balaban J connectivity index is 2.07. The number of hydrogen-bond donors (Lipinski definition) is 1. The first-order valence-electron chi connectivity index (χ1n) is 6.70. The lowest BCUT2D eigenvalue weighted by Gasteiger charge is -2.30. The molecule has 2 atom stereocenters. The van der Waals surface area contributed by atoms with Crippen LogP contribution in [-0.4, -0.2) is 11.8 Å². The predicted octanol–water partition coefficient (Wildman–Crippen LogP) is 3.73. The van der Waals surface area contributed by atoms with Crippen LogP contribution in [0, 0.1) is 6.92 Å². The molecular weight excluding hydrogens is 350 g/mol. The van der Waals surface area contributed by atoms with Crippen LogP contribution in [-0.2, 0) is 9.59 Å².